The van der Waals surface area contributed by atoms with Crippen LogP contribution in [0.3, 0.4) is 0 Å². The zero-order chi connectivity index (χ0) is 23.5. The number of hydrogen-bond acceptors (Lipinski definition) is 4. The van der Waals surface area contributed by atoms with Gasteiger partial charge in [0.25, 0.3) is 5.91 Å². The highest BCUT2D eigenvalue weighted by Gasteiger charge is 2.23. The third-order valence-electron chi connectivity index (χ3n) is 5.11. The fourth-order valence-corrected chi connectivity index (χ4v) is 4.16. The minimum absolute atomic E-state index is 0.0981. The molecule has 0 saturated carbocycles. The van der Waals surface area contributed by atoms with Crippen molar-refractivity contribution in [2.45, 2.75) is 18.9 Å². The summed E-state index contributed by atoms with van der Waals surface area (Å²) in [6.45, 7) is 0.894. The maximum absolute atomic E-state index is 13.0. The van der Waals surface area contributed by atoms with E-state index in [9.17, 15) is 14.4 Å². The number of amides is 3. The Labute approximate surface area is 207 Å². The van der Waals surface area contributed by atoms with E-state index < -0.39 is 17.7 Å². The molecule has 2 aromatic carbocycles. The number of ether oxygens (including phenoxy) is 1. The molecule has 0 spiro atoms. The molecule has 8 nitrogen and oxygen atoms in total. The van der Waals surface area contributed by atoms with Crippen LogP contribution in [0.15, 0.2) is 46.9 Å². The van der Waals surface area contributed by atoms with E-state index in [0.29, 0.717) is 28.2 Å². The molecule has 172 valence electrons. The average molecular weight is 554 g/mol. The van der Waals surface area contributed by atoms with Gasteiger partial charge in [-0.1, -0.05) is 39.1 Å². The molecule has 33 heavy (non-hydrogen) atoms. The van der Waals surface area contributed by atoms with E-state index in [2.05, 4.69) is 32.0 Å². The van der Waals surface area contributed by atoms with Crippen molar-refractivity contribution in [2.75, 3.05) is 23.9 Å². The number of fused-ring (bicyclic) bond motifs is 1. The van der Waals surface area contributed by atoms with Gasteiger partial charge in [0, 0.05) is 28.7 Å². The summed E-state index contributed by atoms with van der Waals surface area (Å²) < 4.78 is 7.53. The zero-order valence-corrected chi connectivity index (χ0v) is 20.3. The Balaban J connectivity index is 1.57. The summed E-state index contributed by atoms with van der Waals surface area (Å²) in [5, 5.41) is 6.62. The molecule has 3 aromatic rings. The molecule has 4 rings (SSSR count). The van der Waals surface area contributed by atoms with Crippen molar-refractivity contribution in [3.63, 3.8) is 0 Å². The average Bonchev–Trinajstić information content (AvgIpc) is 3.42. The molecule has 1 saturated heterocycles. The Morgan fingerprint density at radius 1 is 1.06 bits per heavy atom. The third kappa shape index (κ3) is 5.50. The molecular formula is C22H19BrCl2N4O4. The second-order valence-electron chi connectivity index (χ2n) is 7.44. The highest BCUT2D eigenvalue weighted by molar-refractivity contribution is 9.10. The minimum Gasteiger partial charge on any atom is -0.376 e. The lowest BCUT2D eigenvalue weighted by molar-refractivity contribution is -0.136. The molecule has 1 aromatic heterocycles. The van der Waals surface area contributed by atoms with Gasteiger partial charge in [-0.3, -0.25) is 19.8 Å². The van der Waals surface area contributed by atoms with Gasteiger partial charge in [0.1, 0.15) is 5.69 Å². The molecule has 0 aliphatic carbocycles. The Morgan fingerprint density at radius 3 is 2.61 bits per heavy atom. The van der Waals surface area contributed by atoms with E-state index in [4.69, 9.17) is 27.9 Å². The van der Waals surface area contributed by atoms with Crippen molar-refractivity contribution in [3.05, 3.63) is 62.7 Å². The molecule has 1 atom stereocenters. The van der Waals surface area contributed by atoms with Crippen molar-refractivity contribution in [2.24, 2.45) is 0 Å². The van der Waals surface area contributed by atoms with Crippen LogP contribution in [-0.4, -0.2) is 41.7 Å². The number of hydrogen-bond donors (Lipinski definition) is 3. The van der Waals surface area contributed by atoms with Crippen LogP contribution in [0.5, 0.6) is 0 Å². The Hall–Kier alpha value is -2.59. The predicted molar refractivity (Wildman–Crippen MR) is 130 cm³/mol. The van der Waals surface area contributed by atoms with Crippen LogP contribution >= 0.6 is 39.1 Å². The number of benzene rings is 2. The molecule has 0 radical (unpaired) electrons. The van der Waals surface area contributed by atoms with Gasteiger partial charge >= 0.3 is 11.8 Å². The summed E-state index contributed by atoms with van der Waals surface area (Å²) in [5.74, 6) is -2.24. The number of carbonyl (C=O) groups excluding carboxylic acids is 3. The van der Waals surface area contributed by atoms with E-state index in [1.54, 1.807) is 36.4 Å². The Kier molecular flexibility index (Phi) is 7.23. The number of halogens is 3. The number of nitrogens with zero attached hydrogens (tertiary/aromatic N) is 1. The van der Waals surface area contributed by atoms with Gasteiger partial charge in [0.15, 0.2) is 0 Å². The molecule has 2 heterocycles. The van der Waals surface area contributed by atoms with Crippen LogP contribution in [0.1, 0.15) is 23.3 Å². The first-order valence-corrected chi connectivity index (χ1v) is 11.6. The van der Waals surface area contributed by atoms with Crippen molar-refractivity contribution in [1.82, 2.24) is 9.99 Å². The van der Waals surface area contributed by atoms with E-state index >= 15 is 0 Å². The molecule has 0 bridgehead atoms. The SMILES string of the molecule is O=C(NC[C@H]1CCCO1)C(=O)Nn1c(C(=O)Nc2ccc(Cl)c(Cl)c2)cc2cc(Br)ccc21. The highest BCUT2D eigenvalue weighted by atomic mass is 79.9. The first kappa shape index (κ1) is 23.6. The zero-order valence-electron chi connectivity index (χ0n) is 17.2. The largest absolute Gasteiger partial charge is 0.376 e. The van der Waals surface area contributed by atoms with Crippen molar-refractivity contribution < 1.29 is 19.1 Å². The van der Waals surface area contributed by atoms with Gasteiger partial charge < -0.3 is 15.4 Å². The van der Waals surface area contributed by atoms with Gasteiger partial charge in [-0.15, -0.1) is 0 Å². The van der Waals surface area contributed by atoms with Crippen LogP contribution in [0, 0.1) is 0 Å². The third-order valence-corrected chi connectivity index (χ3v) is 6.34. The van der Waals surface area contributed by atoms with Crippen LogP contribution in [0.25, 0.3) is 10.9 Å². The lowest BCUT2D eigenvalue weighted by Gasteiger charge is -2.14. The van der Waals surface area contributed by atoms with Crippen LogP contribution < -0.4 is 16.1 Å². The van der Waals surface area contributed by atoms with Crippen LogP contribution in [0.4, 0.5) is 5.69 Å². The van der Waals surface area contributed by atoms with Gasteiger partial charge in [0.05, 0.1) is 21.7 Å². The second kappa shape index (κ2) is 10.1. The summed E-state index contributed by atoms with van der Waals surface area (Å²) in [4.78, 5) is 38.0. The van der Waals surface area contributed by atoms with Crippen LogP contribution in [0.2, 0.25) is 10.0 Å². The molecule has 1 aliphatic rings. The van der Waals surface area contributed by atoms with Crippen LogP contribution in [-0.2, 0) is 14.3 Å². The Morgan fingerprint density at radius 2 is 1.88 bits per heavy atom. The smallest absolute Gasteiger partial charge is 0.328 e. The highest BCUT2D eigenvalue weighted by Crippen LogP contribution is 2.27. The normalized spacial score (nSPS) is 15.4. The van der Waals surface area contributed by atoms with Gasteiger partial charge in [-0.2, -0.15) is 0 Å². The summed E-state index contributed by atoms with van der Waals surface area (Å²) >= 11 is 15.4. The van der Waals surface area contributed by atoms with E-state index in [1.165, 1.54) is 10.7 Å². The quantitative estimate of drug-likeness (QED) is 0.409. The molecule has 3 amide bonds. The van der Waals surface area contributed by atoms with Crippen molar-refractivity contribution >= 4 is 73.4 Å². The summed E-state index contributed by atoms with van der Waals surface area (Å²) in [6, 6.07) is 11.6. The van der Waals surface area contributed by atoms with E-state index in [0.717, 1.165) is 17.3 Å². The molecule has 1 aliphatic heterocycles. The molecular weight excluding hydrogens is 535 g/mol. The first-order chi connectivity index (χ1) is 15.8. The monoisotopic (exact) mass is 552 g/mol. The fraction of sp³-hybridized carbons (Fsp3) is 0.227. The lowest BCUT2D eigenvalue weighted by atomic mass is 10.2. The maximum atomic E-state index is 13.0. The molecule has 1 fully saturated rings. The molecule has 11 heteroatoms. The van der Waals surface area contributed by atoms with Gasteiger partial charge in [-0.25, -0.2) is 4.68 Å². The number of anilines is 1. The second-order valence-corrected chi connectivity index (χ2v) is 9.17. The minimum atomic E-state index is -0.906. The molecule has 0 unspecified atom stereocenters. The van der Waals surface area contributed by atoms with Crippen molar-refractivity contribution in [1.29, 1.82) is 0 Å². The number of carbonyl (C=O) groups is 3. The van der Waals surface area contributed by atoms with Gasteiger partial charge in [0.2, 0.25) is 0 Å². The number of aromatic nitrogens is 1. The summed E-state index contributed by atoms with van der Waals surface area (Å²) in [6.07, 6.45) is 1.66. The summed E-state index contributed by atoms with van der Waals surface area (Å²) in [5.41, 5.74) is 3.60. The number of rotatable bonds is 5. The Bertz CT molecular complexity index is 1240. The first-order valence-electron chi connectivity index (χ1n) is 10.1. The van der Waals surface area contributed by atoms with E-state index in [-0.39, 0.29) is 23.4 Å². The van der Waals surface area contributed by atoms with Gasteiger partial charge in [-0.05, 0) is 55.3 Å². The predicted octanol–water partition coefficient (Wildman–Crippen LogP) is 4.33. The number of nitrogens with one attached hydrogen (secondary N) is 3. The molecule has 3 N–H and O–H groups in total. The lowest BCUT2D eigenvalue weighted by Crippen LogP contribution is -2.42. The topological polar surface area (TPSA) is 101 Å². The van der Waals surface area contributed by atoms with Crippen molar-refractivity contribution in [3.8, 4) is 0 Å². The standard InChI is InChI=1S/C22H19BrCl2N4O4/c23-13-3-6-18-12(8-13)9-19(20(30)27-14-4-5-16(24)17(25)10-14)29(18)28-22(32)21(31)26-11-15-2-1-7-33-15/h3-6,8-10,15H,1-2,7,11H2,(H,26,31)(H,27,30)(H,28,32)/t15-/m1/s1. The van der Waals surface area contributed by atoms with E-state index in [1.807, 2.05) is 0 Å². The maximum Gasteiger partial charge on any atom is 0.328 e. The fourth-order valence-electron chi connectivity index (χ4n) is 3.49. The summed E-state index contributed by atoms with van der Waals surface area (Å²) in [7, 11) is 0.